The minimum absolute atomic E-state index is 0.103. The lowest BCUT2D eigenvalue weighted by molar-refractivity contribution is 0.0498. The molecule has 0 aliphatic carbocycles. The second-order valence-electron chi connectivity index (χ2n) is 8.28. The van der Waals surface area contributed by atoms with Crippen molar-refractivity contribution in [2.45, 2.75) is 17.9 Å². The zero-order valence-electron chi connectivity index (χ0n) is 18.5. The van der Waals surface area contributed by atoms with Crippen LogP contribution in [0.25, 0.3) is 0 Å². The molecule has 1 aliphatic rings. The number of nitrogens with zero attached hydrogens (tertiary/aromatic N) is 2. The van der Waals surface area contributed by atoms with Crippen molar-refractivity contribution in [3.8, 4) is 0 Å². The maximum absolute atomic E-state index is 13.9. The molecule has 1 unspecified atom stereocenters. The summed E-state index contributed by atoms with van der Waals surface area (Å²) >= 11 is 0. The van der Waals surface area contributed by atoms with Crippen LogP contribution < -0.4 is 4.72 Å². The highest BCUT2D eigenvalue weighted by Crippen LogP contribution is 2.27. The molecule has 4 rings (SSSR count). The lowest BCUT2D eigenvalue weighted by Crippen LogP contribution is -2.49. The molecule has 6 nitrogen and oxygen atoms in total. The summed E-state index contributed by atoms with van der Waals surface area (Å²) in [5.41, 5.74) is 2.04. The van der Waals surface area contributed by atoms with E-state index < -0.39 is 15.8 Å². The predicted molar refractivity (Wildman–Crippen MR) is 126 cm³/mol. The van der Waals surface area contributed by atoms with E-state index in [1.54, 1.807) is 25.1 Å². The minimum Gasteiger partial charge on any atom is -0.329 e. The third kappa shape index (κ3) is 5.07. The summed E-state index contributed by atoms with van der Waals surface area (Å²) in [4.78, 5) is 17.3. The minimum atomic E-state index is -4.00. The van der Waals surface area contributed by atoms with Crippen molar-refractivity contribution in [2.75, 3.05) is 31.4 Å². The van der Waals surface area contributed by atoms with Crippen molar-refractivity contribution in [3.05, 3.63) is 95.3 Å². The molecule has 1 aliphatic heterocycles. The number of aryl methyl sites for hydroxylation is 1. The van der Waals surface area contributed by atoms with Gasteiger partial charge in [0.25, 0.3) is 15.9 Å². The summed E-state index contributed by atoms with van der Waals surface area (Å²) in [6.07, 6.45) is 0. The molecule has 3 aromatic carbocycles. The molecule has 0 radical (unpaired) electrons. The van der Waals surface area contributed by atoms with Crippen LogP contribution in [0.1, 0.15) is 27.5 Å². The normalized spacial score (nSPS) is 17.1. The molecule has 1 heterocycles. The number of carbonyl (C=O) groups is 1. The number of amides is 1. The Balaban J connectivity index is 1.59. The van der Waals surface area contributed by atoms with Gasteiger partial charge in [-0.05, 0) is 55.4 Å². The van der Waals surface area contributed by atoms with Crippen molar-refractivity contribution in [3.63, 3.8) is 0 Å². The Morgan fingerprint density at radius 2 is 1.76 bits per heavy atom. The van der Waals surface area contributed by atoms with Crippen LogP contribution in [0.4, 0.5) is 10.1 Å². The molecule has 3 aromatic rings. The fourth-order valence-corrected chi connectivity index (χ4v) is 5.02. The van der Waals surface area contributed by atoms with E-state index in [1.165, 1.54) is 18.2 Å². The molecule has 0 spiro atoms. The number of benzene rings is 3. The molecule has 1 atom stereocenters. The average molecular weight is 468 g/mol. The Morgan fingerprint density at radius 3 is 2.48 bits per heavy atom. The molecule has 1 amide bonds. The van der Waals surface area contributed by atoms with Crippen LogP contribution >= 0.6 is 0 Å². The van der Waals surface area contributed by atoms with Crippen LogP contribution in [0.3, 0.4) is 0 Å². The number of likely N-dealkylation sites (N-methyl/N-ethyl adjacent to an activating group) is 1. The van der Waals surface area contributed by atoms with Gasteiger partial charge in [-0.15, -0.1) is 0 Å². The van der Waals surface area contributed by atoms with Gasteiger partial charge in [-0.1, -0.05) is 42.5 Å². The second-order valence-corrected chi connectivity index (χ2v) is 9.97. The molecule has 172 valence electrons. The topological polar surface area (TPSA) is 69.7 Å². The van der Waals surface area contributed by atoms with Gasteiger partial charge in [0.15, 0.2) is 0 Å². The Labute approximate surface area is 193 Å². The molecule has 0 aromatic heterocycles. The van der Waals surface area contributed by atoms with Crippen LogP contribution in [0, 0.1) is 12.7 Å². The highest BCUT2D eigenvalue weighted by molar-refractivity contribution is 7.92. The number of halogens is 1. The van der Waals surface area contributed by atoms with E-state index in [1.807, 2.05) is 42.3 Å². The van der Waals surface area contributed by atoms with Crippen molar-refractivity contribution in [2.24, 2.45) is 0 Å². The standard InChI is InChI=1S/C25H26FN3O3S/c1-18-11-12-22(16-23(18)26)33(31,32)27-21-10-6-9-20(15-21)25(30)29-14-13-28(2)17-24(29)19-7-4-3-5-8-19/h3-12,15-16,24,27H,13-14,17H2,1-2H3. The zero-order valence-corrected chi connectivity index (χ0v) is 19.3. The van der Waals surface area contributed by atoms with Crippen molar-refractivity contribution < 1.29 is 17.6 Å². The highest BCUT2D eigenvalue weighted by Gasteiger charge is 2.31. The van der Waals surface area contributed by atoms with Crippen LogP contribution in [-0.4, -0.2) is 50.8 Å². The average Bonchev–Trinajstić information content (AvgIpc) is 2.81. The quantitative estimate of drug-likeness (QED) is 0.614. The number of nitrogens with one attached hydrogen (secondary N) is 1. The van der Waals surface area contributed by atoms with Gasteiger partial charge in [-0.3, -0.25) is 9.52 Å². The van der Waals surface area contributed by atoms with E-state index in [0.29, 0.717) is 24.2 Å². The highest BCUT2D eigenvalue weighted by atomic mass is 32.2. The molecular weight excluding hydrogens is 441 g/mol. The Morgan fingerprint density at radius 1 is 1.00 bits per heavy atom. The Kier molecular flexibility index (Phi) is 6.49. The van der Waals surface area contributed by atoms with Crippen molar-refractivity contribution in [1.29, 1.82) is 0 Å². The fourth-order valence-electron chi connectivity index (χ4n) is 3.96. The van der Waals surface area contributed by atoms with Crippen LogP contribution in [0.2, 0.25) is 0 Å². The number of hydrogen-bond donors (Lipinski definition) is 1. The maximum atomic E-state index is 13.9. The molecule has 0 bridgehead atoms. The smallest absolute Gasteiger partial charge is 0.261 e. The largest absolute Gasteiger partial charge is 0.329 e. The summed E-state index contributed by atoms with van der Waals surface area (Å²) in [5, 5.41) is 0. The third-order valence-electron chi connectivity index (χ3n) is 5.84. The van der Waals surface area contributed by atoms with E-state index in [-0.39, 0.29) is 22.5 Å². The molecule has 8 heteroatoms. The van der Waals surface area contributed by atoms with Crippen molar-refractivity contribution >= 4 is 21.6 Å². The Bertz CT molecular complexity index is 1260. The van der Waals surface area contributed by atoms with E-state index in [9.17, 15) is 17.6 Å². The summed E-state index contributed by atoms with van der Waals surface area (Å²) in [6.45, 7) is 3.59. The first-order chi connectivity index (χ1) is 15.7. The third-order valence-corrected chi connectivity index (χ3v) is 7.22. The van der Waals surface area contributed by atoms with Gasteiger partial charge in [0.05, 0.1) is 10.9 Å². The van der Waals surface area contributed by atoms with E-state index in [0.717, 1.165) is 18.2 Å². The van der Waals surface area contributed by atoms with Crippen molar-refractivity contribution in [1.82, 2.24) is 9.80 Å². The fraction of sp³-hybridized carbons (Fsp3) is 0.240. The predicted octanol–water partition coefficient (Wildman–Crippen LogP) is 4.06. The number of sulfonamides is 1. The van der Waals surface area contributed by atoms with Gasteiger partial charge < -0.3 is 9.80 Å². The van der Waals surface area contributed by atoms with Crippen LogP contribution in [0.15, 0.2) is 77.7 Å². The molecule has 33 heavy (non-hydrogen) atoms. The molecule has 0 saturated carbocycles. The van der Waals surface area contributed by atoms with Gasteiger partial charge >= 0.3 is 0 Å². The van der Waals surface area contributed by atoms with Crippen LogP contribution in [0.5, 0.6) is 0 Å². The van der Waals surface area contributed by atoms with Gasteiger partial charge in [-0.25, -0.2) is 12.8 Å². The summed E-state index contributed by atoms with van der Waals surface area (Å²) in [7, 11) is -1.97. The van der Waals surface area contributed by atoms with E-state index in [2.05, 4.69) is 9.62 Å². The number of hydrogen-bond acceptors (Lipinski definition) is 4. The summed E-state index contributed by atoms with van der Waals surface area (Å²) in [5.74, 6) is -0.761. The van der Waals surface area contributed by atoms with Gasteiger partial charge in [0.2, 0.25) is 0 Å². The first kappa shape index (κ1) is 22.9. The monoisotopic (exact) mass is 467 g/mol. The number of piperazine rings is 1. The van der Waals surface area contributed by atoms with Crippen LogP contribution in [-0.2, 0) is 10.0 Å². The van der Waals surface area contributed by atoms with Gasteiger partial charge in [-0.2, -0.15) is 0 Å². The second kappa shape index (κ2) is 9.33. The zero-order chi connectivity index (χ0) is 23.6. The number of anilines is 1. The lowest BCUT2D eigenvalue weighted by Gasteiger charge is -2.40. The summed E-state index contributed by atoms with van der Waals surface area (Å²) in [6, 6.07) is 19.9. The molecule has 1 fully saturated rings. The van der Waals surface area contributed by atoms with E-state index >= 15 is 0 Å². The number of carbonyl (C=O) groups excluding carboxylic acids is 1. The SMILES string of the molecule is Cc1ccc(S(=O)(=O)Nc2cccc(C(=O)N3CCN(C)CC3c3ccccc3)c2)cc1F. The summed E-state index contributed by atoms with van der Waals surface area (Å²) < 4.78 is 41.8. The maximum Gasteiger partial charge on any atom is 0.261 e. The van der Waals surface area contributed by atoms with E-state index in [4.69, 9.17) is 0 Å². The molecular formula is C25H26FN3O3S. The lowest BCUT2D eigenvalue weighted by atomic mass is 10.0. The first-order valence-corrected chi connectivity index (χ1v) is 12.2. The molecule has 1 saturated heterocycles. The first-order valence-electron chi connectivity index (χ1n) is 10.7. The van der Waals surface area contributed by atoms with Gasteiger partial charge in [0.1, 0.15) is 5.82 Å². The number of rotatable bonds is 5. The Hall–Kier alpha value is -3.23. The van der Waals surface area contributed by atoms with Gasteiger partial charge in [0, 0.05) is 30.9 Å². The molecule has 1 N–H and O–H groups in total.